The Bertz CT molecular complexity index is 1090. The van der Waals surface area contributed by atoms with E-state index in [1.807, 2.05) is 13.0 Å². The summed E-state index contributed by atoms with van der Waals surface area (Å²) in [5, 5.41) is 8.81. The molecule has 2 aromatic rings. The molecule has 9 heteroatoms. The van der Waals surface area contributed by atoms with E-state index in [9.17, 15) is 13.2 Å². The summed E-state index contributed by atoms with van der Waals surface area (Å²) >= 11 is 0. The van der Waals surface area contributed by atoms with Crippen LogP contribution >= 0.6 is 0 Å². The third kappa shape index (κ3) is 5.39. The summed E-state index contributed by atoms with van der Waals surface area (Å²) in [7, 11) is -2.43. The van der Waals surface area contributed by atoms with Crippen molar-refractivity contribution in [3.63, 3.8) is 0 Å². The van der Waals surface area contributed by atoms with Crippen LogP contribution in [-0.4, -0.2) is 51.6 Å². The third-order valence-electron chi connectivity index (χ3n) is 5.30. The van der Waals surface area contributed by atoms with Gasteiger partial charge in [-0.25, -0.2) is 13.2 Å². The van der Waals surface area contributed by atoms with Crippen LogP contribution in [0.2, 0.25) is 0 Å². The molecule has 2 aromatic carbocycles. The van der Waals surface area contributed by atoms with Gasteiger partial charge in [-0.2, -0.15) is 9.57 Å². The number of nitriles is 1. The molecular weight excluding hydrogens is 432 g/mol. The number of nitrogens with zero attached hydrogens (tertiary/aromatic N) is 2. The lowest BCUT2D eigenvalue weighted by Crippen LogP contribution is -2.42. The van der Waals surface area contributed by atoms with E-state index in [1.54, 1.807) is 24.3 Å². The molecule has 3 rings (SSSR count). The SMILES string of the molecule is COc1ccc(C(=O)OCCOc2ccc(C#N)cc2)cc1S(=O)(=O)N1CCCCC1C. The lowest BCUT2D eigenvalue weighted by atomic mass is 10.1. The molecular formula is C23H26N2O6S. The van der Waals surface area contributed by atoms with Crippen molar-refractivity contribution in [3.05, 3.63) is 53.6 Å². The highest BCUT2D eigenvalue weighted by Crippen LogP contribution is 2.31. The second kappa shape index (κ2) is 10.5. The highest BCUT2D eigenvalue weighted by molar-refractivity contribution is 7.89. The van der Waals surface area contributed by atoms with E-state index in [4.69, 9.17) is 19.5 Å². The fraction of sp³-hybridized carbons (Fsp3) is 0.391. The van der Waals surface area contributed by atoms with Gasteiger partial charge in [0.2, 0.25) is 10.0 Å². The number of carbonyl (C=O) groups excluding carboxylic acids is 1. The predicted octanol–water partition coefficient (Wildman–Crippen LogP) is 3.37. The molecule has 0 N–H and O–H groups in total. The monoisotopic (exact) mass is 458 g/mol. The minimum Gasteiger partial charge on any atom is -0.495 e. The molecule has 1 fully saturated rings. The summed E-state index contributed by atoms with van der Waals surface area (Å²) in [4.78, 5) is 12.5. The standard InChI is InChI=1S/C23H26N2O6S/c1-17-5-3-4-12-25(17)32(27,28)22-15-19(8-11-21(22)29-2)23(26)31-14-13-30-20-9-6-18(16-24)7-10-20/h6-11,15,17H,3-5,12-14H2,1-2H3. The fourth-order valence-electron chi connectivity index (χ4n) is 3.56. The summed E-state index contributed by atoms with van der Waals surface area (Å²) in [6.07, 6.45) is 2.58. The van der Waals surface area contributed by atoms with Crippen molar-refractivity contribution in [1.29, 1.82) is 5.26 Å². The van der Waals surface area contributed by atoms with E-state index in [0.29, 0.717) is 17.9 Å². The third-order valence-corrected chi connectivity index (χ3v) is 7.33. The van der Waals surface area contributed by atoms with Gasteiger partial charge < -0.3 is 14.2 Å². The number of ether oxygens (including phenoxy) is 3. The molecule has 32 heavy (non-hydrogen) atoms. The smallest absolute Gasteiger partial charge is 0.338 e. The average Bonchev–Trinajstić information content (AvgIpc) is 2.81. The molecule has 0 bridgehead atoms. The maximum Gasteiger partial charge on any atom is 0.338 e. The van der Waals surface area contributed by atoms with Crippen molar-refractivity contribution in [1.82, 2.24) is 4.31 Å². The fourth-order valence-corrected chi connectivity index (χ4v) is 5.45. The zero-order valence-electron chi connectivity index (χ0n) is 18.1. The first-order valence-corrected chi connectivity index (χ1v) is 11.8. The molecule has 1 aliphatic rings. The maximum atomic E-state index is 13.3. The van der Waals surface area contributed by atoms with Gasteiger partial charge in [-0.1, -0.05) is 6.42 Å². The van der Waals surface area contributed by atoms with E-state index >= 15 is 0 Å². The molecule has 1 heterocycles. The number of hydrogen-bond acceptors (Lipinski definition) is 7. The zero-order chi connectivity index (χ0) is 23.1. The molecule has 170 valence electrons. The number of hydrogen-bond donors (Lipinski definition) is 0. The van der Waals surface area contributed by atoms with Crippen LogP contribution in [0.1, 0.15) is 42.1 Å². The van der Waals surface area contributed by atoms with Crippen LogP contribution in [0.25, 0.3) is 0 Å². The van der Waals surface area contributed by atoms with Crippen molar-refractivity contribution >= 4 is 16.0 Å². The Balaban J connectivity index is 1.67. The molecule has 0 spiro atoms. The Kier molecular flexibility index (Phi) is 7.72. The van der Waals surface area contributed by atoms with Gasteiger partial charge in [-0.05, 0) is 62.2 Å². The molecule has 0 aromatic heterocycles. The molecule has 1 unspecified atom stereocenters. The lowest BCUT2D eigenvalue weighted by Gasteiger charge is -2.32. The Morgan fingerprint density at radius 2 is 1.91 bits per heavy atom. The highest BCUT2D eigenvalue weighted by Gasteiger charge is 2.33. The van der Waals surface area contributed by atoms with Crippen LogP contribution in [-0.2, 0) is 14.8 Å². The highest BCUT2D eigenvalue weighted by atomic mass is 32.2. The Morgan fingerprint density at radius 3 is 2.56 bits per heavy atom. The van der Waals surface area contributed by atoms with E-state index in [1.165, 1.54) is 29.6 Å². The normalized spacial score (nSPS) is 16.7. The molecule has 0 saturated carbocycles. The summed E-state index contributed by atoms with van der Waals surface area (Å²) in [5.41, 5.74) is 0.639. The van der Waals surface area contributed by atoms with Gasteiger partial charge in [0.25, 0.3) is 0 Å². The van der Waals surface area contributed by atoms with Gasteiger partial charge in [0.05, 0.1) is 24.3 Å². The lowest BCUT2D eigenvalue weighted by molar-refractivity contribution is 0.0450. The van der Waals surface area contributed by atoms with Gasteiger partial charge in [0, 0.05) is 12.6 Å². The first kappa shape index (κ1) is 23.6. The number of rotatable bonds is 8. The second-order valence-corrected chi connectivity index (χ2v) is 9.31. The van der Waals surface area contributed by atoms with E-state index in [2.05, 4.69) is 0 Å². The molecule has 1 aliphatic heterocycles. The van der Waals surface area contributed by atoms with Crippen molar-refractivity contribution in [3.8, 4) is 17.6 Å². The largest absolute Gasteiger partial charge is 0.495 e. The molecule has 8 nitrogen and oxygen atoms in total. The molecule has 0 aliphatic carbocycles. The van der Waals surface area contributed by atoms with Gasteiger partial charge in [0.1, 0.15) is 29.6 Å². The maximum absolute atomic E-state index is 13.3. The molecule has 1 atom stereocenters. The Hall–Kier alpha value is -3.09. The summed E-state index contributed by atoms with van der Waals surface area (Å²) in [6, 6.07) is 12.7. The van der Waals surface area contributed by atoms with Gasteiger partial charge >= 0.3 is 5.97 Å². The van der Waals surface area contributed by atoms with Crippen LogP contribution in [0.15, 0.2) is 47.4 Å². The van der Waals surface area contributed by atoms with E-state index in [0.717, 1.165) is 19.3 Å². The molecule has 0 radical (unpaired) electrons. The van der Waals surface area contributed by atoms with Gasteiger partial charge in [0.15, 0.2) is 0 Å². The van der Waals surface area contributed by atoms with Crippen molar-refractivity contribution < 1.29 is 27.4 Å². The number of benzene rings is 2. The van der Waals surface area contributed by atoms with Gasteiger partial charge in [-0.3, -0.25) is 0 Å². The second-order valence-electron chi connectivity index (χ2n) is 7.45. The minimum atomic E-state index is -3.82. The van der Waals surface area contributed by atoms with Crippen LogP contribution in [0.3, 0.4) is 0 Å². The zero-order valence-corrected chi connectivity index (χ0v) is 18.9. The van der Waals surface area contributed by atoms with E-state index in [-0.39, 0.29) is 35.5 Å². The summed E-state index contributed by atoms with van der Waals surface area (Å²) in [6.45, 7) is 2.42. The van der Waals surface area contributed by atoms with Crippen LogP contribution in [0.4, 0.5) is 0 Å². The Labute approximate surface area is 188 Å². The number of esters is 1. The first-order valence-electron chi connectivity index (χ1n) is 10.4. The average molecular weight is 459 g/mol. The number of methoxy groups -OCH3 is 1. The topological polar surface area (TPSA) is 106 Å². The van der Waals surface area contributed by atoms with Crippen molar-refractivity contribution in [2.24, 2.45) is 0 Å². The summed E-state index contributed by atoms with van der Waals surface area (Å²) < 4.78 is 44.0. The summed E-state index contributed by atoms with van der Waals surface area (Å²) in [5.74, 6) is 0.0798. The molecule has 0 amide bonds. The van der Waals surface area contributed by atoms with Crippen LogP contribution in [0.5, 0.6) is 11.5 Å². The number of carbonyl (C=O) groups is 1. The molecule has 1 saturated heterocycles. The predicted molar refractivity (Wildman–Crippen MR) is 117 cm³/mol. The quantitative estimate of drug-likeness (QED) is 0.441. The minimum absolute atomic E-state index is 0.0178. The van der Waals surface area contributed by atoms with E-state index < -0.39 is 16.0 Å². The number of piperidine rings is 1. The van der Waals surface area contributed by atoms with Gasteiger partial charge in [-0.15, -0.1) is 0 Å². The Morgan fingerprint density at radius 1 is 1.16 bits per heavy atom. The van der Waals surface area contributed by atoms with Crippen LogP contribution < -0.4 is 9.47 Å². The number of sulfonamides is 1. The van der Waals surface area contributed by atoms with Crippen molar-refractivity contribution in [2.45, 2.75) is 37.1 Å². The first-order chi connectivity index (χ1) is 15.4. The van der Waals surface area contributed by atoms with Crippen molar-refractivity contribution in [2.75, 3.05) is 26.9 Å². The van der Waals surface area contributed by atoms with Crippen LogP contribution in [0, 0.1) is 11.3 Å².